The zero-order chi connectivity index (χ0) is 18.0. The minimum Gasteiger partial charge on any atom is -0.358 e. The van der Waals surface area contributed by atoms with Crippen molar-refractivity contribution < 1.29 is 0 Å². The van der Waals surface area contributed by atoms with Gasteiger partial charge in [0, 0.05) is 41.3 Å². The number of aromatic nitrogens is 1. The number of benzene rings is 1. The Morgan fingerprint density at radius 3 is 2.72 bits per heavy atom. The van der Waals surface area contributed by atoms with Gasteiger partial charge in [0.05, 0.1) is 0 Å². The number of pyridine rings is 1. The van der Waals surface area contributed by atoms with Crippen LogP contribution in [0.25, 0.3) is 10.9 Å². The number of aromatic amines is 1. The third kappa shape index (κ3) is 2.93. The lowest BCUT2D eigenvalue weighted by Crippen LogP contribution is -2.35. The number of fused-ring (bicyclic) bond motifs is 3. The first-order valence-corrected chi connectivity index (χ1v) is 9.52. The molecule has 0 radical (unpaired) electrons. The summed E-state index contributed by atoms with van der Waals surface area (Å²) >= 11 is 0. The van der Waals surface area contributed by atoms with Crippen LogP contribution in [0.5, 0.6) is 0 Å². The second kappa shape index (κ2) is 5.44. The van der Waals surface area contributed by atoms with Crippen LogP contribution < -0.4 is 5.43 Å². The van der Waals surface area contributed by atoms with Crippen molar-refractivity contribution in [2.45, 2.75) is 66.5 Å². The van der Waals surface area contributed by atoms with Gasteiger partial charge in [-0.25, -0.2) is 0 Å². The number of rotatable bonds is 2. The van der Waals surface area contributed by atoms with Gasteiger partial charge in [-0.15, -0.1) is 0 Å². The predicted molar refractivity (Wildman–Crippen MR) is 104 cm³/mol. The summed E-state index contributed by atoms with van der Waals surface area (Å²) in [5, 5.41) is 0.828. The van der Waals surface area contributed by atoms with Crippen molar-refractivity contribution in [3.05, 3.63) is 45.2 Å². The molecule has 4 rings (SSSR count). The van der Waals surface area contributed by atoms with E-state index >= 15 is 0 Å². The second-order valence-corrected chi connectivity index (χ2v) is 9.73. The molecule has 1 aromatic heterocycles. The molecule has 2 aliphatic rings. The Bertz CT molecular complexity index is 895. The van der Waals surface area contributed by atoms with Crippen LogP contribution in [-0.4, -0.2) is 22.5 Å². The molecule has 3 nitrogen and oxygen atoms in total. The van der Waals surface area contributed by atoms with E-state index in [1.165, 1.54) is 19.3 Å². The maximum atomic E-state index is 13.1. The monoisotopic (exact) mass is 338 g/mol. The van der Waals surface area contributed by atoms with Gasteiger partial charge in [0.2, 0.25) is 0 Å². The van der Waals surface area contributed by atoms with Crippen molar-refractivity contribution in [1.29, 1.82) is 0 Å². The molecule has 2 atom stereocenters. The summed E-state index contributed by atoms with van der Waals surface area (Å²) in [6.45, 7) is 13.2. The van der Waals surface area contributed by atoms with Crippen LogP contribution in [0.3, 0.4) is 0 Å². The summed E-state index contributed by atoms with van der Waals surface area (Å²) in [6.07, 6.45) is 3.81. The Morgan fingerprint density at radius 1 is 1.20 bits per heavy atom. The number of likely N-dealkylation sites (tertiary alicyclic amines) is 1. The van der Waals surface area contributed by atoms with E-state index in [0.717, 1.165) is 40.8 Å². The normalized spacial score (nSPS) is 28.6. The van der Waals surface area contributed by atoms with E-state index < -0.39 is 0 Å². The van der Waals surface area contributed by atoms with Crippen LogP contribution in [0.15, 0.2) is 23.0 Å². The smallest absolute Gasteiger partial charge is 0.194 e. The Balaban J connectivity index is 1.71. The van der Waals surface area contributed by atoms with Crippen molar-refractivity contribution in [3.63, 3.8) is 0 Å². The van der Waals surface area contributed by atoms with Crippen LogP contribution in [0, 0.1) is 24.7 Å². The van der Waals surface area contributed by atoms with Crippen molar-refractivity contribution in [1.82, 2.24) is 9.88 Å². The predicted octanol–water partition coefficient (Wildman–Crippen LogP) is 4.55. The van der Waals surface area contributed by atoms with E-state index in [9.17, 15) is 4.79 Å². The van der Waals surface area contributed by atoms with Gasteiger partial charge in [0.25, 0.3) is 0 Å². The zero-order valence-corrected chi connectivity index (χ0v) is 16.2. The summed E-state index contributed by atoms with van der Waals surface area (Å²) in [5.41, 5.74) is 5.08. The average Bonchev–Trinajstić information content (AvgIpc) is 2.73. The molecule has 1 saturated carbocycles. The molecule has 1 N–H and O–H groups in total. The van der Waals surface area contributed by atoms with Crippen LogP contribution in [0.1, 0.15) is 56.9 Å². The van der Waals surface area contributed by atoms with Crippen LogP contribution >= 0.6 is 0 Å². The topological polar surface area (TPSA) is 36.1 Å². The Labute approximate surface area is 150 Å². The molecule has 1 saturated heterocycles. The maximum Gasteiger partial charge on any atom is 0.194 e. The van der Waals surface area contributed by atoms with Crippen LogP contribution in [-0.2, 0) is 6.54 Å². The number of nitrogens with one attached hydrogen (secondary N) is 1. The third-order valence-electron chi connectivity index (χ3n) is 6.35. The zero-order valence-electron chi connectivity index (χ0n) is 16.2. The third-order valence-corrected chi connectivity index (χ3v) is 6.35. The molecule has 0 spiro atoms. The van der Waals surface area contributed by atoms with E-state index in [0.29, 0.717) is 16.9 Å². The Kier molecular flexibility index (Phi) is 3.66. The van der Waals surface area contributed by atoms with Crippen LogP contribution in [0.4, 0.5) is 0 Å². The second-order valence-electron chi connectivity index (χ2n) is 9.73. The molecule has 1 aromatic carbocycles. The summed E-state index contributed by atoms with van der Waals surface area (Å²) in [4.78, 5) is 19.2. The highest BCUT2D eigenvalue weighted by Gasteiger charge is 2.49. The van der Waals surface area contributed by atoms with Crippen molar-refractivity contribution in [2.75, 3.05) is 6.54 Å². The fourth-order valence-corrected chi connectivity index (χ4v) is 5.72. The molecule has 2 heterocycles. The molecule has 3 heteroatoms. The summed E-state index contributed by atoms with van der Waals surface area (Å²) in [7, 11) is 0. The first-order valence-electron chi connectivity index (χ1n) is 9.52. The molecule has 2 bridgehead atoms. The molecular weight excluding hydrogens is 308 g/mol. The highest BCUT2D eigenvalue weighted by atomic mass is 16.1. The van der Waals surface area contributed by atoms with Crippen molar-refractivity contribution in [2.24, 2.45) is 10.8 Å². The molecule has 25 heavy (non-hydrogen) atoms. The fourth-order valence-electron chi connectivity index (χ4n) is 5.72. The van der Waals surface area contributed by atoms with Crippen LogP contribution in [0.2, 0.25) is 0 Å². The van der Waals surface area contributed by atoms with Crippen molar-refractivity contribution >= 4 is 10.9 Å². The molecule has 2 aromatic rings. The van der Waals surface area contributed by atoms with E-state index in [1.807, 2.05) is 26.0 Å². The minimum atomic E-state index is 0.209. The number of H-pyrrole nitrogens is 1. The van der Waals surface area contributed by atoms with Gasteiger partial charge in [-0.2, -0.15) is 0 Å². The quantitative estimate of drug-likeness (QED) is 0.872. The summed E-state index contributed by atoms with van der Waals surface area (Å²) in [6, 6.07) is 6.71. The van der Waals surface area contributed by atoms with Gasteiger partial charge in [-0.3, -0.25) is 9.69 Å². The molecule has 0 amide bonds. The van der Waals surface area contributed by atoms with Gasteiger partial charge >= 0.3 is 0 Å². The van der Waals surface area contributed by atoms with Crippen molar-refractivity contribution in [3.8, 4) is 0 Å². The minimum absolute atomic E-state index is 0.209. The lowest BCUT2D eigenvalue weighted by molar-refractivity contribution is 0.126. The SMILES string of the molecule is Cc1ccc2[nH]c(C)c(CN3CC4(C)CC3CC(C)(C)C4)c(=O)c2c1. The highest BCUT2D eigenvalue weighted by Crippen LogP contribution is 2.52. The van der Waals surface area contributed by atoms with Gasteiger partial charge in [-0.1, -0.05) is 32.4 Å². The summed E-state index contributed by atoms with van der Waals surface area (Å²) in [5.74, 6) is 0. The van der Waals surface area contributed by atoms with E-state index in [1.54, 1.807) is 0 Å². The number of hydrogen-bond donors (Lipinski definition) is 1. The number of nitrogens with zero attached hydrogens (tertiary/aromatic N) is 1. The van der Waals surface area contributed by atoms with E-state index in [-0.39, 0.29) is 5.43 Å². The average molecular weight is 338 g/mol. The van der Waals surface area contributed by atoms with Gasteiger partial charge in [0.15, 0.2) is 5.43 Å². The van der Waals surface area contributed by atoms with Gasteiger partial charge < -0.3 is 4.98 Å². The Hall–Kier alpha value is -1.61. The Morgan fingerprint density at radius 2 is 1.96 bits per heavy atom. The van der Waals surface area contributed by atoms with E-state index in [4.69, 9.17) is 0 Å². The molecule has 134 valence electrons. The molecule has 1 aliphatic heterocycles. The summed E-state index contributed by atoms with van der Waals surface area (Å²) < 4.78 is 0. The molecule has 2 fully saturated rings. The largest absolute Gasteiger partial charge is 0.358 e. The fraction of sp³-hybridized carbons (Fsp3) is 0.591. The van der Waals surface area contributed by atoms with Gasteiger partial charge in [-0.05, 0) is 56.1 Å². The first kappa shape index (κ1) is 16.8. The molecule has 1 aliphatic carbocycles. The highest BCUT2D eigenvalue weighted by molar-refractivity contribution is 5.80. The molecular formula is C22H30N2O. The van der Waals surface area contributed by atoms with Gasteiger partial charge in [0.1, 0.15) is 0 Å². The standard InChI is InChI=1S/C22H30N2O/c1-14-6-7-19-17(8-14)20(25)18(15(2)23-19)11-24-13-22(5)10-16(24)9-21(3,4)12-22/h6-8,16H,9-13H2,1-5H3,(H,23,25). The lowest BCUT2D eigenvalue weighted by atomic mass is 9.65. The first-order chi connectivity index (χ1) is 11.7. The lowest BCUT2D eigenvalue weighted by Gasteiger charge is -2.40. The van der Waals surface area contributed by atoms with E-state index in [2.05, 4.69) is 36.7 Å². The number of hydrogen-bond acceptors (Lipinski definition) is 2. The number of aryl methyl sites for hydroxylation is 2. The maximum absolute atomic E-state index is 13.1. The molecule has 2 unspecified atom stereocenters.